The van der Waals surface area contributed by atoms with Crippen molar-refractivity contribution >= 4 is 33.1 Å². The van der Waals surface area contributed by atoms with Gasteiger partial charge >= 0.3 is 0 Å². The number of nitrogens with one attached hydrogen (secondary N) is 1. The fraction of sp³-hybridized carbons (Fsp3) is 0.227. The summed E-state index contributed by atoms with van der Waals surface area (Å²) in [6, 6.07) is 13.0. The lowest BCUT2D eigenvalue weighted by molar-refractivity contribution is 0.0116. The zero-order chi connectivity index (χ0) is 22.9. The zero-order valence-corrected chi connectivity index (χ0v) is 18.4. The van der Waals surface area contributed by atoms with Crippen molar-refractivity contribution in [3.8, 4) is 0 Å². The van der Waals surface area contributed by atoms with Gasteiger partial charge in [0.15, 0.2) is 0 Å². The van der Waals surface area contributed by atoms with Crippen LogP contribution in [0.5, 0.6) is 0 Å². The van der Waals surface area contributed by atoms with Crippen molar-refractivity contribution in [1.82, 2.24) is 4.98 Å². The molecule has 1 aliphatic heterocycles. The number of anilines is 2. The van der Waals surface area contributed by atoms with Gasteiger partial charge in [-0.3, -0.25) is 4.72 Å². The number of hydrogen-bond acceptors (Lipinski definition) is 5. The first kappa shape index (κ1) is 22.4. The van der Waals surface area contributed by atoms with Crippen molar-refractivity contribution in [2.45, 2.75) is 23.3 Å². The number of rotatable bonds is 5. The van der Waals surface area contributed by atoms with Crippen molar-refractivity contribution in [1.29, 1.82) is 0 Å². The van der Waals surface area contributed by atoms with Gasteiger partial charge in [0.2, 0.25) is 0 Å². The number of aromatic nitrogens is 1. The Morgan fingerprint density at radius 1 is 1.06 bits per heavy atom. The monoisotopic (exact) mass is 479 g/mol. The highest BCUT2D eigenvalue weighted by Gasteiger charge is 2.34. The molecule has 0 amide bonds. The van der Waals surface area contributed by atoms with Gasteiger partial charge in [0.1, 0.15) is 22.3 Å². The predicted octanol–water partition coefficient (Wildman–Crippen LogP) is 4.30. The van der Waals surface area contributed by atoms with Crippen molar-refractivity contribution in [3.05, 3.63) is 83.0 Å². The summed E-state index contributed by atoms with van der Waals surface area (Å²) in [4.78, 5) is 5.50. The molecule has 0 saturated carbocycles. The quantitative estimate of drug-likeness (QED) is 0.570. The third kappa shape index (κ3) is 4.55. The molecule has 2 heterocycles. The molecule has 3 aromatic rings. The number of piperidine rings is 1. The number of sulfonamides is 1. The molecule has 32 heavy (non-hydrogen) atoms. The minimum absolute atomic E-state index is 0.0419. The number of aliphatic hydroxyl groups is 1. The number of nitrogens with zero attached hydrogens (tertiary/aromatic N) is 2. The van der Waals surface area contributed by atoms with Gasteiger partial charge in [0.25, 0.3) is 10.0 Å². The van der Waals surface area contributed by atoms with E-state index in [0.717, 1.165) is 17.7 Å². The van der Waals surface area contributed by atoms with Gasteiger partial charge < -0.3 is 10.0 Å². The highest BCUT2D eigenvalue weighted by atomic mass is 35.5. The van der Waals surface area contributed by atoms with E-state index in [2.05, 4.69) is 9.71 Å². The average molecular weight is 480 g/mol. The Kier molecular flexibility index (Phi) is 6.07. The molecule has 10 heteroatoms. The van der Waals surface area contributed by atoms with Crippen molar-refractivity contribution in [3.63, 3.8) is 0 Å². The average Bonchev–Trinajstić information content (AvgIpc) is 2.75. The molecule has 1 aliphatic rings. The van der Waals surface area contributed by atoms with E-state index in [1.807, 2.05) is 35.2 Å². The van der Waals surface area contributed by atoms with E-state index >= 15 is 0 Å². The van der Waals surface area contributed by atoms with Gasteiger partial charge in [0, 0.05) is 19.2 Å². The molecule has 2 aromatic carbocycles. The van der Waals surface area contributed by atoms with Crippen LogP contribution in [0, 0.1) is 11.6 Å². The van der Waals surface area contributed by atoms with Gasteiger partial charge in [-0.2, -0.15) is 0 Å². The second-order valence-corrected chi connectivity index (χ2v) is 9.65. The van der Waals surface area contributed by atoms with E-state index in [-0.39, 0.29) is 10.7 Å². The van der Waals surface area contributed by atoms with Crippen molar-refractivity contribution in [2.24, 2.45) is 0 Å². The third-order valence-electron chi connectivity index (χ3n) is 5.46. The van der Waals surface area contributed by atoms with Crippen LogP contribution in [0.4, 0.5) is 20.3 Å². The maximum atomic E-state index is 13.9. The molecule has 1 aromatic heterocycles. The predicted molar refractivity (Wildman–Crippen MR) is 118 cm³/mol. The molecule has 0 bridgehead atoms. The molecule has 168 valence electrons. The van der Waals surface area contributed by atoms with E-state index in [0.29, 0.717) is 37.8 Å². The summed E-state index contributed by atoms with van der Waals surface area (Å²) < 4.78 is 54.1. The number of halogens is 3. The molecule has 6 nitrogen and oxygen atoms in total. The lowest BCUT2D eigenvalue weighted by Crippen LogP contribution is -2.43. The molecule has 4 rings (SSSR count). The van der Waals surface area contributed by atoms with Gasteiger partial charge in [-0.15, -0.1) is 0 Å². The van der Waals surface area contributed by atoms with Crippen LogP contribution in [-0.4, -0.2) is 31.6 Å². The minimum Gasteiger partial charge on any atom is -0.385 e. The van der Waals surface area contributed by atoms with Crippen molar-refractivity contribution < 1.29 is 22.3 Å². The third-order valence-corrected chi connectivity index (χ3v) is 7.15. The van der Waals surface area contributed by atoms with Crippen LogP contribution in [0.25, 0.3) is 0 Å². The first-order chi connectivity index (χ1) is 15.2. The summed E-state index contributed by atoms with van der Waals surface area (Å²) in [7, 11) is -4.30. The van der Waals surface area contributed by atoms with Crippen LogP contribution in [0.1, 0.15) is 18.4 Å². The molecule has 0 unspecified atom stereocenters. The Morgan fingerprint density at radius 2 is 1.75 bits per heavy atom. The van der Waals surface area contributed by atoms with E-state index in [1.165, 1.54) is 12.3 Å². The van der Waals surface area contributed by atoms with E-state index in [9.17, 15) is 22.3 Å². The van der Waals surface area contributed by atoms with Gasteiger partial charge in [-0.1, -0.05) is 41.9 Å². The van der Waals surface area contributed by atoms with Crippen LogP contribution < -0.4 is 9.62 Å². The lowest BCUT2D eigenvalue weighted by atomic mass is 9.84. The number of hydrogen-bond donors (Lipinski definition) is 2. The van der Waals surface area contributed by atoms with Gasteiger partial charge in [0.05, 0.1) is 22.5 Å². The molecule has 2 N–H and O–H groups in total. The van der Waals surface area contributed by atoms with Gasteiger partial charge in [-0.25, -0.2) is 22.2 Å². The topological polar surface area (TPSA) is 82.5 Å². The highest BCUT2D eigenvalue weighted by molar-refractivity contribution is 7.92. The molecule has 0 spiro atoms. The number of pyridine rings is 1. The molecule has 0 atom stereocenters. The van der Waals surface area contributed by atoms with E-state index in [1.54, 1.807) is 0 Å². The summed E-state index contributed by atoms with van der Waals surface area (Å²) in [6.45, 7) is 1.01. The van der Waals surface area contributed by atoms with Crippen LogP contribution in [0.15, 0.2) is 65.7 Å². The molecule has 1 fully saturated rings. The fourth-order valence-electron chi connectivity index (χ4n) is 3.75. The fourth-order valence-corrected chi connectivity index (χ4v) is 5.13. The second-order valence-electron chi connectivity index (χ2n) is 7.59. The van der Waals surface area contributed by atoms with E-state index in [4.69, 9.17) is 11.6 Å². The first-order valence-corrected chi connectivity index (χ1v) is 11.7. The van der Waals surface area contributed by atoms with Crippen molar-refractivity contribution in [2.75, 3.05) is 22.7 Å². The SMILES string of the molecule is O=S(=O)(Nc1cnc(N2CCC(O)(c3ccccc3)CC2)c(Cl)c1)c1ccc(F)cc1F. The summed E-state index contributed by atoms with van der Waals surface area (Å²) >= 11 is 6.35. The second kappa shape index (κ2) is 8.65. The highest BCUT2D eigenvalue weighted by Crippen LogP contribution is 2.36. The standard InChI is InChI=1S/C22H20ClF2N3O3S/c23-18-13-17(27-32(30,31)20-7-6-16(24)12-19(20)25)14-26-21(18)28-10-8-22(29,9-11-28)15-4-2-1-3-5-15/h1-7,12-14,27,29H,8-11H2. The smallest absolute Gasteiger partial charge is 0.264 e. The van der Waals surface area contributed by atoms with Crippen LogP contribution >= 0.6 is 11.6 Å². The Bertz CT molecular complexity index is 1230. The zero-order valence-electron chi connectivity index (χ0n) is 16.8. The largest absolute Gasteiger partial charge is 0.385 e. The summed E-state index contributed by atoms with van der Waals surface area (Å²) in [5.41, 5.74) is -0.0317. The van der Waals surface area contributed by atoms with E-state index < -0.39 is 32.2 Å². The molecular weight excluding hydrogens is 460 g/mol. The first-order valence-electron chi connectivity index (χ1n) is 9.84. The molecule has 0 aliphatic carbocycles. The maximum absolute atomic E-state index is 13.9. The lowest BCUT2D eigenvalue weighted by Gasteiger charge is -2.39. The Labute approximate surface area is 189 Å². The molecule has 1 saturated heterocycles. The molecular formula is C22H20ClF2N3O3S. The summed E-state index contributed by atoms with van der Waals surface area (Å²) in [5.74, 6) is -1.62. The Hall–Kier alpha value is -2.75. The maximum Gasteiger partial charge on any atom is 0.264 e. The normalized spacial score (nSPS) is 16.1. The summed E-state index contributed by atoms with van der Waals surface area (Å²) in [5, 5.41) is 11.2. The Morgan fingerprint density at radius 3 is 2.38 bits per heavy atom. The number of benzene rings is 2. The van der Waals surface area contributed by atoms with Crippen LogP contribution in [0.2, 0.25) is 5.02 Å². The van der Waals surface area contributed by atoms with Crippen LogP contribution in [0.3, 0.4) is 0 Å². The van der Waals surface area contributed by atoms with Gasteiger partial charge in [-0.05, 0) is 36.6 Å². The van der Waals surface area contributed by atoms with Crippen LogP contribution in [-0.2, 0) is 15.6 Å². The molecule has 0 radical (unpaired) electrons. The minimum atomic E-state index is -4.30. The Balaban J connectivity index is 1.48. The summed E-state index contributed by atoms with van der Waals surface area (Å²) in [6.07, 6.45) is 2.23.